The molecule has 0 aliphatic carbocycles. The maximum absolute atomic E-state index is 13.3. The number of hydrogen-bond donors (Lipinski definition) is 2. The van der Waals surface area contributed by atoms with Crippen LogP contribution in [0.25, 0.3) is 0 Å². The van der Waals surface area contributed by atoms with Crippen LogP contribution in [-0.4, -0.2) is 18.5 Å². The molecule has 1 saturated heterocycles. The van der Waals surface area contributed by atoms with Crippen molar-refractivity contribution < 1.29 is 9.18 Å². The van der Waals surface area contributed by atoms with E-state index in [-0.39, 0.29) is 30.0 Å². The summed E-state index contributed by atoms with van der Waals surface area (Å²) in [5.41, 5.74) is 0.165. The van der Waals surface area contributed by atoms with Crippen molar-refractivity contribution in [2.75, 3.05) is 11.9 Å². The second kappa shape index (κ2) is 5.48. The molecule has 1 aliphatic heterocycles. The molecule has 0 saturated carbocycles. The van der Waals surface area contributed by atoms with Gasteiger partial charge in [0.2, 0.25) is 5.91 Å². The minimum Gasteiger partial charge on any atom is -0.322 e. The quantitative estimate of drug-likeness (QED) is 0.860. The number of benzene rings is 1. The van der Waals surface area contributed by atoms with Gasteiger partial charge in [0.1, 0.15) is 5.82 Å². The monoisotopic (exact) mass is 264 g/mol. The van der Waals surface area contributed by atoms with Gasteiger partial charge in [-0.15, -0.1) is 12.4 Å². The number of carbonyl (C=O) groups excluding carboxylic acids is 1. The van der Waals surface area contributed by atoms with Gasteiger partial charge in [-0.05, 0) is 31.2 Å². The summed E-state index contributed by atoms with van der Waals surface area (Å²) in [5.74, 6) is -0.724. The summed E-state index contributed by atoms with van der Waals surface area (Å²) in [6.45, 7) is 0.835. The van der Waals surface area contributed by atoms with E-state index in [9.17, 15) is 9.18 Å². The van der Waals surface area contributed by atoms with E-state index in [1.165, 1.54) is 18.2 Å². The van der Waals surface area contributed by atoms with Gasteiger partial charge in [-0.3, -0.25) is 4.79 Å². The SMILES string of the molecule is Cl.O=C(Nc1ccc(Cl)cc1F)[C@H]1CCN1. The molecule has 0 bridgehead atoms. The molecule has 3 nitrogen and oxygen atoms in total. The average molecular weight is 265 g/mol. The first-order valence-electron chi connectivity index (χ1n) is 4.66. The van der Waals surface area contributed by atoms with E-state index in [1.807, 2.05) is 0 Å². The van der Waals surface area contributed by atoms with Gasteiger partial charge in [-0.2, -0.15) is 0 Å². The third-order valence-corrected chi connectivity index (χ3v) is 2.56. The molecule has 2 rings (SSSR count). The first-order valence-corrected chi connectivity index (χ1v) is 5.04. The highest BCUT2D eigenvalue weighted by Gasteiger charge is 2.24. The van der Waals surface area contributed by atoms with Gasteiger partial charge in [0.25, 0.3) is 0 Å². The summed E-state index contributed by atoms with van der Waals surface area (Å²) in [6.07, 6.45) is 0.793. The average Bonchev–Trinajstić information content (AvgIpc) is 2.07. The van der Waals surface area contributed by atoms with Crippen molar-refractivity contribution in [2.45, 2.75) is 12.5 Å². The Hall–Kier alpha value is -0.840. The first kappa shape index (κ1) is 13.2. The standard InChI is InChI=1S/C10H10ClFN2O.ClH/c11-6-1-2-8(7(12)5-6)14-10(15)9-3-4-13-9;/h1-2,5,9,13H,3-4H2,(H,14,15);1H/t9-;/m1./s1. The van der Waals surface area contributed by atoms with Crippen LogP contribution in [0.5, 0.6) is 0 Å². The zero-order chi connectivity index (χ0) is 10.8. The normalized spacial score (nSPS) is 18.2. The lowest BCUT2D eigenvalue weighted by Gasteiger charge is -2.26. The number of rotatable bonds is 2. The number of anilines is 1. The molecular formula is C10H11Cl2FN2O. The molecule has 0 spiro atoms. The number of carbonyl (C=O) groups is 1. The van der Waals surface area contributed by atoms with E-state index in [0.29, 0.717) is 5.02 Å². The Morgan fingerprint density at radius 2 is 2.25 bits per heavy atom. The highest BCUT2D eigenvalue weighted by molar-refractivity contribution is 6.30. The Morgan fingerprint density at radius 3 is 2.75 bits per heavy atom. The predicted octanol–water partition coefficient (Wildman–Crippen LogP) is 2.20. The van der Waals surface area contributed by atoms with Crippen LogP contribution in [0.15, 0.2) is 18.2 Å². The van der Waals surface area contributed by atoms with Crippen LogP contribution in [0.4, 0.5) is 10.1 Å². The molecule has 1 heterocycles. The van der Waals surface area contributed by atoms with Crippen molar-refractivity contribution in [3.63, 3.8) is 0 Å². The van der Waals surface area contributed by atoms with Crippen LogP contribution in [0.3, 0.4) is 0 Å². The number of halogens is 3. The van der Waals surface area contributed by atoms with Gasteiger partial charge in [0.05, 0.1) is 11.7 Å². The lowest BCUT2D eigenvalue weighted by molar-refractivity contribution is -0.119. The van der Waals surface area contributed by atoms with Crippen molar-refractivity contribution >= 4 is 35.6 Å². The van der Waals surface area contributed by atoms with Crippen molar-refractivity contribution in [3.8, 4) is 0 Å². The molecule has 1 aliphatic rings. The van der Waals surface area contributed by atoms with E-state index in [0.717, 1.165) is 13.0 Å². The number of amides is 1. The van der Waals surface area contributed by atoms with Crippen LogP contribution < -0.4 is 10.6 Å². The molecule has 1 fully saturated rings. The Labute approximate surface area is 104 Å². The van der Waals surface area contributed by atoms with Gasteiger partial charge in [0.15, 0.2) is 0 Å². The summed E-state index contributed by atoms with van der Waals surface area (Å²) in [5, 5.41) is 5.75. The van der Waals surface area contributed by atoms with E-state index in [2.05, 4.69) is 10.6 Å². The Kier molecular flexibility index (Phi) is 4.53. The highest BCUT2D eigenvalue weighted by Crippen LogP contribution is 2.19. The fourth-order valence-corrected chi connectivity index (χ4v) is 1.48. The molecule has 88 valence electrons. The van der Waals surface area contributed by atoms with Gasteiger partial charge >= 0.3 is 0 Å². The van der Waals surface area contributed by atoms with E-state index in [1.54, 1.807) is 0 Å². The van der Waals surface area contributed by atoms with Crippen LogP contribution >= 0.6 is 24.0 Å². The Bertz CT molecular complexity index is 396. The van der Waals surface area contributed by atoms with Gasteiger partial charge in [0, 0.05) is 5.02 Å². The molecule has 0 radical (unpaired) electrons. The zero-order valence-electron chi connectivity index (χ0n) is 8.30. The van der Waals surface area contributed by atoms with E-state index >= 15 is 0 Å². The molecule has 1 aromatic rings. The van der Waals surface area contributed by atoms with Gasteiger partial charge in [-0.1, -0.05) is 11.6 Å². The molecule has 16 heavy (non-hydrogen) atoms. The largest absolute Gasteiger partial charge is 0.322 e. The molecule has 1 aromatic carbocycles. The summed E-state index contributed by atoms with van der Waals surface area (Å²) < 4.78 is 13.3. The first-order chi connectivity index (χ1) is 7.16. The lowest BCUT2D eigenvalue weighted by atomic mass is 10.1. The van der Waals surface area contributed by atoms with Crippen LogP contribution in [-0.2, 0) is 4.79 Å². The molecule has 1 atom stereocenters. The molecule has 1 amide bonds. The number of hydrogen-bond acceptors (Lipinski definition) is 2. The fourth-order valence-electron chi connectivity index (χ4n) is 1.32. The molecule has 2 N–H and O–H groups in total. The fraction of sp³-hybridized carbons (Fsp3) is 0.300. The summed E-state index contributed by atoms with van der Waals surface area (Å²) in [6, 6.07) is 3.97. The molecular weight excluding hydrogens is 254 g/mol. The second-order valence-corrected chi connectivity index (χ2v) is 3.85. The summed E-state index contributed by atoms with van der Waals surface area (Å²) in [4.78, 5) is 11.5. The second-order valence-electron chi connectivity index (χ2n) is 3.41. The summed E-state index contributed by atoms with van der Waals surface area (Å²) >= 11 is 5.59. The van der Waals surface area contributed by atoms with E-state index in [4.69, 9.17) is 11.6 Å². The topological polar surface area (TPSA) is 41.1 Å². The third-order valence-electron chi connectivity index (χ3n) is 2.33. The molecule has 0 aromatic heterocycles. The van der Waals surface area contributed by atoms with Crippen LogP contribution in [0.1, 0.15) is 6.42 Å². The maximum atomic E-state index is 13.3. The van der Waals surface area contributed by atoms with Crippen molar-refractivity contribution in [3.05, 3.63) is 29.0 Å². The van der Waals surface area contributed by atoms with E-state index < -0.39 is 5.82 Å². The van der Waals surface area contributed by atoms with Crippen molar-refractivity contribution in [1.29, 1.82) is 0 Å². The predicted molar refractivity (Wildman–Crippen MR) is 63.7 cm³/mol. The van der Waals surface area contributed by atoms with Crippen molar-refractivity contribution in [2.24, 2.45) is 0 Å². The minimum absolute atomic E-state index is 0. The van der Waals surface area contributed by atoms with Gasteiger partial charge in [-0.25, -0.2) is 4.39 Å². The third kappa shape index (κ3) is 2.84. The van der Waals surface area contributed by atoms with Crippen LogP contribution in [0, 0.1) is 5.82 Å². The lowest BCUT2D eigenvalue weighted by Crippen LogP contribution is -2.50. The number of nitrogens with one attached hydrogen (secondary N) is 2. The molecule has 6 heteroatoms. The summed E-state index contributed by atoms with van der Waals surface area (Å²) in [7, 11) is 0. The molecule has 0 unspecified atom stereocenters. The van der Waals surface area contributed by atoms with Crippen LogP contribution in [0.2, 0.25) is 5.02 Å². The smallest absolute Gasteiger partial charge is 0.241 e. The minimum atomic E-state index is -0.518. The maximum Gasteiger partial charge on any atom is 0.241 e. The van der Waals surface area contributed by atoms with Gasteiger partial charge < -0.3 is 10.6 Å². The zero-order valence-corrected chi connectivity index (χ0v) is 9.87. The van der Waals surface area contributed by atoms with Crippen molar-refractivity contribution in [1.82, 2.24) is 5.32 Å². The Balaban J connectivity index is 0.00000128. The Morgan fingerprint density at radius 1 is 1.56 bits per heavy atom. The highest BCUT2D eigenvalue weighted by atomic mass is 35.5.